The summed E-state index contributed by atoms with van der Waals surface area (Å²) in [5, 5.41) is 13.1. The summed E-state index contributed by atoms with van der Waals surface area (Å²) in [6, 6.07) is 9.53. The van der Waals surface area contributed by atoms with Gasteiger partial charge in [0.2, 0.25) is 0 Å². The molecule has 1 saturated heterocycles. The van der Waals surface area contributed by atoms with Crippen molar-refractivity contribution in [1.82, 2.24) is 15.2 Å². The highest BCUT2D eigenvalue weighted by atomic mass is 16.4. The van der Waals surface area contributed by atoms with Crippen LogP contribution in [0.25, 0.3) is 10.9 Å². The molecule has 2 unspecified atom stereocenters. The summed E-state index contributed by atoms with van der Waals surface area (Å²) < 4.78 is 0. The second-order valence-corrected chi connectivity index (χ2v) is 6.47. The minimum atomic E-state index is -0.832. The predicted molar refractivity (Wildman–Crippen MR) is 90.5 cm³/mol. The van der Waals surface area contributed by atoms with E-state index in [-0.39, 0.29) is 18.5 Å². The number of likely N-dealkylation sites (tertiary alicyclic amines) is 1. The number of aliphatic carboxylic acids is 1. The van der Waals surface area contributed by atoms with E-state index in [9.17, 15) is 14.7 Å². The van der Waals surface area contributed by atoms with Crippen molar-refractivity contribution in [2.75, 3.05) is 13.1 Å². The lowest BCUT2D eigenvalue weighted by molar-refractivity contribution is -0.143. The number of benzene rings is 1. The fraction of sp³-hybridized carbons (Fsp3) is 0.389. The molecule has 0 bridgehead atoms. The number of aromatic nitrogens is 1. The van der Waals surface area contributed by atoms with Crippen LogP contribution in [-0.4, -0.2) is 40.1 Å². The standard InChI is InChI=1S/C18H21N3O3/c1-12-7-15(17(22)23)11-21(10-12)18(24)20-9-13-4-5-16-14(8-13)3-2-6-19-16/h2-6,8,12,15H,7,9-11H2,1H3,(H,20,24)(H,22,23). The molecule has 2 amide bonds. The molecule has 1 aromatic carbocycles. The number of amides is 2. The molecule has 6 nitrogen and oxygen atoms in total. The van der Waals surface area contributed by atoms with Gasteiger partial charge in [0.25, 0.3) is 0 Å². The Kier molecular flexibility index (Phi) is 4.64. The molecule has 3 rings (SSSR count). The Hall–Kier alpha value is -2.63. The van der Waals surface area contributed by atoms with Crippen LogP contribution in [0.3, 0.4) is 0 Å². The van der Waals surface area contributed by atoms with Gasteiger partial charge in [-0.15, -0.1) is 0 Å². The van der Waals surface area contributed by atoms with Gasteiger partial charge in [-0.05, 0) is 36.1 Å². The monoisotopic (exact) mass is 327 g/mol. The minimum Gasteiger partial charge on any atom is -0.481 e. The highest BCUT2D eigenvalue weighted by molar-refractivity contribution is 5.79. The number of rotatable bonds is 3. The molecule has 0 saturated carbocycles. The second-order valence-electron chi connectivity index (χ2n) is 6.47. The molecule has 2 atom stereocenters. The number of piperidine rings is 1. The summed E-state index contributed by atoms with van der Waals surface area (Å²) in [6.07, 6.45) is 2.37. The zero-order valence-corrected chi connectivity index (χ0v) is 13.6. The fourth-order valence-corrected chi connectivity index (χ4v) is 3.22. The quantitative estimate of drug-likeness (QED) is 0.907. The van der Waals surface area contributed by atoms with Crippen LogP contribution in [0.5, 0.6) is 0 Å². The van der Waals surface area contributed by atoms with Crippen molar-refractivity contribution < 1.29 is 14.7 Å². The van der Waals surface area contributed by atoms with Crippen molar-refractivity contribution in [1.29, 1.82) is 0 Å². The molecule has 2 aromatic rings. The third-order valence-electron chi connectivity index (χ3n) is 4.41. The van der Waals surface area contributed by atoms with Crippen molar-refractivity contribution in [3.05, 3.63) is 42.1 Å². The zero-order chi connectivity index (χ0) is 17.1. The van der Waals surface area contributed by atoms with Gasteiger partial charge in [-0.1, -0.05) is 19.1 Å². The Morgan fingerprint density at radius 2 is 2.17 bits per heavy atom. The largest absolute Gasteiger partial charge is 0.481 e. The Balaban J connectivity index is 1.62. The smallest absolute Gasteiger partial charge is 0.317 e. The highest BCUT2D eigenvalue weighted by Crippen LogP contribution is 2.22. The molecule has 0 radical (unpaired) electrons. The van der Waals surface area contributed by atoms with Crippen LogP contribution in [0.2, 0.25) is 0 Å². The second kappa shape index (κ2) is 6.86. The van der Waals surface area contributed by atoms with Crippen LogP contribution < -0.4 is 5.32 Å². The van der Waals surface area contributed by atoms with E-state index >= 15 is 0 Å². The maximum absolute atomic E-state index is 12.4. The van der Waals surface area contributed by atoms with Gasteiger partial charge in [-0.3, -0.25) is 9.78 Å². The van der Waals surface area contributed by atoms with E-state index in [2.05, 4.69) is 10.3 Å². The lowest BCUT2D eigenvalue weighted by atomic mass is 9.91. The molecule has 0 aliphatic carbocycles. The van der Waals surface area contributed by atoms with Crippen LogP contribution in [0.15, 0.2) is 36.5 Å². The predicted octanol–water partition coefficient (Wildman–Crippen LogP) is 2.49. The van der Waals surface area contributed by atoms with Gasteiger partial charge in [0.15, 0.2) is 0 Å². The van der Waals surface area contributed by atoms with E-state index in [0.717, 1.165) is 16.5 Å². The van der Waals surface area contributed by atoms with E-state index < -0.39 is 11.9 Å². The molecule has 1 aromatic heterocycles. The molecular formula is C18H21N3O3. The number of nitrogens with zero attached hydrogens (tertiary/aromatic N) is 2. The van der Waals surface area contributed by atoms with Crippen LogP contribution in [0, 0.1) is 11.8 Å². The van der Waals surface area contributed by atoms with Gasteiger partial charge in [0, 0.05) is 31.2 Å². The number of nitrogens with one attached hydrogen (secondary N) is 1. The Morgan fingerprint density at radius 3 is 2.96 bits per heavy atom. The molecule has 2 heterocycles. The van der Waals surface area contributed by atoms with Crippen molar-refractivity contribution in [3.8, 4) is 0 Å². The van der Waals surface area contributed by atoms with Gasteiger partial charge in [-0.2, -0.15) is 0 Å². The summed E-state index contributed by atoms with van der Waals surface area (Å²) in [5.74, 6) is -1.12. The normalized spacial score (nSPS) is 20.8. The summed E-state index contributed by atoms with van der Waals surface area (Å²) in [6.45, 7) is 3.25. The maximum Gasteiger partial charge on any atom is 0.317 e. The minimum absolute atomic E-state index is 0.192. The molecule has 24 heavy (non-hydrogen) atoms. The van der Waals surface area contributed by atoms with Crippen molar-refractivity contribution >= 4 is 22.9 Å². The lowest BCUT2D eigenvalue weighted by Crippen LogP contribution is -2.49. The van der Waals surface area contributed by atoms with E-state index in [1.165, 1.54) is 0 Å². The van der Waals surface area contributed by atoms with Gasteiger partial charge in [0.1, 0.15) is 0 Å². The SMILES string of the molecule is CC1CC(C(=O)O)CN(C(=O)NCc2ccc3ncccc3c2)C1. The van der Waals surface area contributed by atoms with Crippen LogP contribution in [0.1, 0.15) is 18.9 Å². The summed E-state index contributed by atoms with van der Waals surface area (Å²) in [7, 11) is 0. The van der Waals surface area contributed by atoms with Crippen LogP contribution >= 0.6 is 0 Å². The van der Waals surface area contributed by atoms with Gasteiger partial charge in [0.05, 0.1) is 11.4 Å². The first-order chi connectivity index (χ1) is 11.5. The first kappa shape index (κ1) is 16.2. The van der Waals surface area contributed by atoms with Crippen molar-refractivity contribution in [2.45, 2.75) is 19.9 Å². The molecule has 126 valence electrons. The third kappa shape index (κ3) is 3.64. The van der Waals surface area contributed by atoms with E-state index in [1.54, 1.807) is 11.1 Å². The van der Waals surface area contributed by atoms with Crippen molar-refractivity contribution in [3.63, 3.8) is 0 Å². The number of carbonyl (C=O) groups is 2. The van der Waals surface area contributed by atoms with E-state index in [1.807, 2.05) is 37.3 Å². The Morgan fingerprint density at radius 1 is 1.33 bits per heavy atom. The molecule has 1 aliphatic heterocycles. The highest BCUT2D eigenvalue weighted by Gasteiger charge is 2.31. The lowest BCUT2D eigenvalue weighted by Gasteiger charge is -2.34. The number of fused-ring (bicyclic) bond motifs is 1. The first-order valence-corrected chi connectivity index (χ1v) is 8.12. The van der Waals surface area contributed by atoms with E-state index in [0.29, 0.717) is 19.5 Å². The molecule has 1 fully saturated rings. The van der Waals surface area contributed by atoms with E-state index in [4.69, 9.17) is 0 Å². The van der Waals surface area contributed by atoms with Crippen LogP contribution in [0.4, 0.5) is 4.79 Å². The average molecular weight is 327 g/mol. The Bertz CT molecular complexity index is 762. The number of carboxylic acids is 1. The van der Waals surface area contributed by atoms with Gasteiger partial charge in [-0.25, -0.2) is 4.79 Å². The topological polar surface area (TPSA) is 82.5 Å². The number of hydrogen-bond donors (Lipinski definition) is 2. The average Bonchev–Trinajstić information content (AvgIpc) is 2.58. The number of carboxylic acid groups (broad SMARTS) is 1. The molecule has 1 aliphatic rings. The summed E-state index contributed by atoms with van der Waals surface area (Å²) >= 11 is 0. The number of pyridine rings is 1. The maximum atomic E-state index is 12.4. The van der Waals surface area contributed by atoms with Gasteiger partial charge < -0.3 is 15.3 Å². The molecule has 2 N–H and O–H groups in total. The first-order valence-electron chi connectivity index (χ1n) is 8.12. The molecular weight excluding hydrogens is 306 g/mol. The van der Waals surface area contributed by atoms with Crippen molar-refractivity contribution in [2.24, 2.45) is 11.8 Å². The summed E-state index contributed by atoms with van der Waals surface area (Å²) in [5.41, 5.74) is 1.91. The number of hydrogen-bond acceptors (Lipinski definition) is 3. The fourth-order valence-electron chi connectivity index (χ4n) is 3.22. The zero-order valence-electron chi connectivity index (χ0n) is 13.6. The number of urea groups is 1. The Labute approximate surface area is 140 Å². The number of carbonyl (C=O) groups excluding carboxylic acids is 1. The van der Waals surface area contributed by atoms with Crippen LogP contribution in [-0.2, 0) is 11.3 Å². The van der Waals surface area contributed by atoms with Gasteiger partial charge >= 0.3 is 12.0 Å². The third-order valence-corrected chi connectivity index (χ3v) is 4.41. The summed E-state index contributed by atoms with van der Waals surface area (Å²) in [4.78, 5) is 29.4. The molecule has 6 heteroatoms. The molecule has 0 spiro atoms.